The van der Waals surface area contributed by atoms with Crippen LogP contribution in [0.15, 0.2) is 18.2 Å². The summed E-state index contributed by atoms with van der Waals surface area (Å²) in [6, 6.07) is 5.13. The number of nitrogens with zero attached hydrogens (tertiary/aromatic N) is 1. The van der Waals surface area contributed by atoms with Gasteiger partial charge in [-0.05, 0) is 43.9 Å². The highest BCUT2D eigenvalue weighted by atomic mass is 19.1. The van der Waals surface area contributed by atoms with Crippen LogP contribution in [-0.4, -0.2) is 36.2 Å². The minimum atomic E-state index is -0.205. The van der Waals surface area contributed by atoms with Crippen LogP contribution in [0.1, 0.15) is 30.4 Å². The molecule has 1 saturated heterocycles. The maximum absolute atomic E-state index is 14.1. The zero-order valence-corrected chi connectivity index (χ0v) is 12.3. The Balaban J connectivity index is 1.99. The molecule has 1 atom stereocenters. The number of hydrogen-bond acceptors (Lipinski definition) is 3. The molecule has 1 heterocycles. The summed E-state index contributed by atoms with van der Waals surface area (Å²) in [4.78, 5) is 2.27. The van der Waals surface area contributed by atoms with E-state index in [4.69, 9.17) is 10.8 Å². The van der Waals surface area contributed by atoms with E-state index in [1.165, 1.54) is 6.07 Å². The molecule has 1 unspecified atom stereocenters. The number of nitrogens with two attached hydrogens (primary N) is 1. The second-order valence-electron chi connectivity index (χ2n) is 5.57. The van der Waals surface area contributed by atoms with E-state index in [9.17, 15) is 4.39 Å². The predicted octanol–water partition coefficient (Wildman–Crippen LogP) is 1.73. The lowest BCUT2D eigenvalue weighted by molar-refractivity contribution is 0.141. The van der Waals surface area contributed by atoms with Crippen molar-refractivity contribution in [2.45, 2.75) is 25.8 Å². The Kier molecular flexibility index (Phi) is 6.19. The maximum Gasteiger partial charge on any atom is 0.128 e. The van der Waals surface area contributed by atoms with Gasteiger partial charge in [0, 0.05) is 30.8 Å². The molecular weight excluding hydrogens is 267 g/mol. The number of piperidine rings is 1. The second kappa shape index (κ2) is 8.14. The van der Waals surface area contributed by atoms with Crippen LogP contribution in [0.3, 0.4) is 0 Å². The molecule has 3 nitrogen and oxygen atoms in total. The third kappa shape index (κ3) is 4.82. The average Bonchev–Trinajstić information content (AvgIpc) is 2.48. The van der Waals surface area contributed by atoms with Gasteiger partial charge < -0.3 is 10.8 Å². The van der Waals surface area contributed by atoms with Crippen LogP contribution in [0.2, 0.25) is 0 Å². The highest BCUT2D eigenvalue weighted by Gasteiger charge is 2.20. The van der Waals surface area contributed by atoms with Crippen LogP contribution in [0, 0.1) is 23.6 Å². The summed E-state index contributed by atoms with van der Waals surface area (Å²) < 4.78 is 14.1. The van der Waals surface area contributed by atoms with E-state index in [1.54, 1.807) is 0 Å². The predicted molar refractivity (Wildman–Crippen MR) is 82.0 cm³/mol. The van der Waals surface area contributed by atoms with Crippen molar-refractivity contribution in [1.82, 2.24) is 4.90 Å². The van der Waals surface area contributed by atoms with Crippen molar-refractivity contribution in [3.63, 3.8) is 0 Å². The molecule has 1 aromatic carbocycles. The minimum Gasteiger partial charge on any atom is -0.396 e. The summed E-state index contributed by atoms with van der Waals surface area (Å²) in [5, 5.41) is 9.04. The van der Waals surface area contributed by atoms with Gasteiger partial charge in [0.25, 0.3) is 0 Å². The van der Waals surface area contributed by atoms with E-state index in [0.717, 1.165) is 32.4 Å². The number of halogens is 1. The Bertz CT molecular complexity index is 519. The van der Waals surface area contributed by atoms with E-state index in [1.807, 2.05) is 12.1 Å². The zero-order valence-electron chi connectivity index (χ0n) is 12.3. The molecule has 0 radical (unpaired) electrons. The monoisotopic (exact) mass is 290 g/mol. The molecule has 114 valence electrons. The highest BCUT2D eigenvalue weighted by Crippen LogP contribution is 2.22. The number of likely N-dealkylation sites (tertiary alicyclic amines) is 1. The standard InChI is InChI=1S/C17H23FN2O/c18-17-11-14(3-1-8-19)5-6-16(17)13-20-9-2-4-15(12-20)7-10-21/h5-6,11,15,21H,2,4,7-10,12-13,19H2. The first-order valence-electron chi connectivity index (χ1n) is 7.53. The molecule has 0 spiro atoms. The first kappa shape index (κ1) is 16.0. The Labute approximate surface area is 125 Å². The number of aliphatic hydroxyl groups excluding tert-OH is 1. The van der Waals surface area contributed by atoms with Crippen LogP contribution in [0.4, 0.5) is 4.39 Å². The molecule has 0 aromatic heterocycles. The molecule has 0 saturated carbocycles. The van der Waals surface area contributed by atoms with Gasteiger partial charge in [0.1, 0.15) is 5.82 Å². The van der Waals surface area contributed by atoms with Crippen LogP contribution in [-0.2, 0) is 6.54 Å². The van der Waals surface area contributed by atoms with Gasteiger partial charge in [-0.25, -0.2) is 4.39 Å². The van der Waals surface area contributed by atoms with E-state index in [2.05, 4.69) is 16.7 Å². The van der Waals surface area contributed by atoms with E-state index in [0.29, 0.717) is 23.6 Å². The van der Waals surface area contributed by atoms with Gasteiger partial charge in [-0.1, -0.05) is 17.9 Å². The molecule has 0 aliphatic carbocycles. The second-order valence-corrected chi connectivity index (χ2v) is 5.57. The molecule has 2 rings (SSSR count). The van der Waals surface area contributed by atoms with Crippen LogP contribution < -0.4 is 5.73 Å². The van der Waals surface area contributed by atoms with Gasteiger partial charge in [0.15, 0.2) is 0 Å². The van der Waals surface area contributed by atoms with Crippen molar-refractivity contribution in [2.24, 2.45) is 11.7 Å². The van der Waals surface area contributed by atoms with Gasteiger partial charge in [-0.3, -0.25) is 4.90 Å². The first-order valence-corrected chi connectivity index (χ1v) is 7.53. The van der Waals surface area contributed by atoms with Crippen LogP contribution >= 0.6 is 0 Å². The molecule has 0 bridgehead atoms. The third-order valence-corrected chi connectivity index (χ3v) is 3.92. The molecule has 1 aromatic rings. The van der Waals surface area contributed by atoms with Crippen molar-refractivity contribution in [3.8, 4) is 11.8 Å². The fraction of sp³-hybridized carbons (Fsp3) is 0.529. The highest BCUT2D eigenvalue weighted by molar-refractivity contribution is 5.37. The number of hydrogen-bond donors (Lipinski definition) is 2. The first-order chi connectivity index (χ1) is 10.2. The maximum atomic E-state index is 14.1. The lowest BCUT2D eigenvalue weighted by Crippen LogP contribution is -2.35. The van der Waals surface area contributed by atoms with Crippen molar-refractivity contribution < 1.29 is 9.50 Å². The summed E-state index contributed by atoms with van der Waals surface area (Å²) in [7, 11) is 0. The van der Waals surface area contributed by atoms with Gasteiger partial charge in [-0.2, -0.15) is 0 Å². The average molecular weight is 290 g/mol. The fourth-order valence-corrected chi connectivity index (χ4v) is 2.86. The molecular formula is C17H23FN2O. The van der Waals surface area contributed by atoms with Gasteiger partial charge in [0.05, 0.1) is 6.54 Å². The van der Waals surface area contributed by atoms with Gasteiger partial charge in [0.2, 0.25) is 0 Å². The lowest BCUT2D eigenvalue weighted by Gasteiger charge is -2.32. The van der Waals surface area contributed by atoms with E-state index in [-0.39, 0.29) is 19.0 Å². The van der Waals surface area contributed by atoms with E-state index < -0.39 is 0 Å². The summed E-state index contributed by atoms with van der Waals surface area (Å²) in [5.74, 6) is 5.90. The Morgan fingerprint density at radius 1 is 1.43 bits per heavy atom. The summed E-state index contributed by atoms with van der Waals surface area (Å²) in [5.41, 5.74) is 6.69. The smallest absolute Gasteiger partial charge is 0.128 e. The van der Waals surface area contributed by atoms with Crippen molar-refractivity contribution in [2.75, 3.05) is 26.2 Å². The van der Waals surface area contributed by atoms with Crippen LogP contribution in [0.5, 0.6) is 0 Å². The van der Waals surface area contributed by atoms with Gasteiger partial charge in [-0.15, -0.1) is 0 Å². The Morgan fingerprint density at radius 3 is 3.00 bits per heavy atom. The quantitative estimate of drug-likeness (QED) is 0.830. The normalized spacial score (nSPS) is 19.1. The summed E-state index contributed by atoms with van der Waals surface area (Å²) in [6.07, 6.45) is 3.12. The molecule has 1 aliphatic rings. The number of aliphatic hydroxyl groups is 1. The topological polar surface area (TPSA) is 49.5 Å². The van der Waals surface area contributed by atoms with Crippen molar-refractivity contribution >= 4 is 0 Å². The van der Waals surface area contributed by atoms with Gasteiger partial charge >= 0.3 is 0 Å². The molecule has 3 N–H and O–H groups in total. The molecule has 1 fully saturated rings. The zero-order chi connectivity index (χ0) is 15.1. The Morgan fingerprint density at radius 2 is 2.29 bits per heavy atom. The summed E-state index contributed by atoms with van der Waals surface area (Å²) >= 11 is 0. The third-order valence-electron chi connectivity index (χ3n) is 3.92. The SMILES string of the molecule is NCC#Cc1ccc(CN2CCCC(CCO)C2)c(F)c1. The lowest BCUT2D eigenvalue weighted by atomic mass is 9.95. The molecule has 4 heteroatoms. The minimum absolute atomic E-state index is 0.205. The molecule has 21 heavy (non-hydrogen) atoms. The molecule has 1 aliphatic heterocycles. The molecule has 0 amide bonds. The Hall–Kier alpha value is -1.41. The largest absolute Gasteiger partial charge is 0.396 e. The fourth-order valence-electron chi connectivity index (χ4n) is 2.86. The number of rotatable bonds is 4. The number of benzene rings is 1. The van der Waals surface area contributed by atoms with Crippen molar-refractivity contribution in [1.29, 1.82) is 0 Å². The van der Waals surface area contributed by atoms with Crippen molar-refractivity contribution in [3.05, 3.63) is 35.1 Å². The summed E-state index contributed by atoms with van der Waals surface area (Å²) in [6.45, 7) is 3.08. The van der Waals surface area contributed by atoms with Crippen LogP contribution in [0.25, 0.3) is 0 Å². The van der Waals surface area contributed by atoms with E-state index >= 15 is 0 Å².